The molecule has 0 atom stereocenters. The molecule has 1 amide bonds. The standard InChI is InChI=1S/C21H18N2O8/c1-12-9-14(4-6-17(12)23(27)28)20(25)30-15-5-3-13-10-16(19(24)22-7-8-29-2)21(26)31-18(13)11-15/h3-6,9-11H,7-8H2,1-2H3,(H,22,24). The van der Waals surface area contributed by atoms with Crippen molar-refractivity contribution in [2.45, 2.75) is 6.92 Å². The molecule has 0 spiro atoms. The number of esters is 1. The maximum Gasteiger partial charge on any atom is 0.349 e. The molecule has 0 bridgehead atoms. The lowest BCUT2D eigenvalue weighted by atomic mass is 10.1. The summed E-state index contributed by atoms with van der Waals surface area (Å²) < 4.78 is 15.3. The van der Waals surface area contributed by atoms with Gasteiger partial charge in [-0.15, -0.1) is 0 Å². The Kier molecular flexibility index (Phi) is 6.41. The monoisotopic (exact) mass is 426 g/mol. The van der Waals surface area contributed by atoms with Gasteiger partial charge in [0.1, 0.15) is 16.9 Å². The lowest BCUT2D eigenvalue weighted by molar-refractivity contribution is -0.385. The molecule has 3 rings (SSSR count). The molecule has 0 unspecified atom stereocenters. The number of hydrogen-bond acceptors (Lipinski definition) is 8. The maximum atomic E-state index is 12.4. The summed E-state index contributed by atoms with van der Waals surface area (Å²) in [4.78, 5) is 47.0. The van der Waals surface area contributed by atoms with E-state index >= 15 is 0 Å². The molecule has 1 aromatic heterocycles. The van der Waals surface area contributed by atoms with Gasteiger partial charge in [-0.05, 0) is 37.3 Å². The van der Waals surface area contributed by atoms with Gasteiger partial charge >= 0.3 is 11.6 Å². The van der Waals surface area contributed by atoms with Gasteiger partial charge in [-0.3, -0.25) is 14.9 Å². The van der Waals surface area contributed by atoms with Crippen LogP contribution in [0, 0.1) is 17.0 Å². The number of fused-ring (bicyclic) bond motifs is 1. The first kappa shape index (κ1) is 21.7. The topological polar surface area (TPSA) is 138 Å². The van der Waals surface area contributed by atoms with E-state index in [0.29, 0.717) is 17.6 Å². The summed E-state index contributed by atoms with van der Waals surface area (Å²) in [5, 5.41) is 13.9. The Morgan fingerprint density at radius 3 is 2.61 bits per heavy atom. The van der Waals surface area contributed by atoms with E-state index in [-0.39, 0.29) is 34.7 Å². The van der Waals surface area contributed by atoms with Gasteiger partial charge in [-0.2, -0.15) is 0 Å². The molecular weight excluding hydrogens is 408 g/mol. The summed E-state index contributed by atoms with van der Waals surface area (Å²) in [5.74, 6) is -1.21. The van der Waals surface area contributed by atoms with Crippen LogP contribution in [0.2, 0.25) is 0 Å². The van der Waals surface area contributed by atoms with Crippen LogP contribution in [-0.2, 0) is 4.74 Å². The first-order chi connectivity index (χ1) is 14.8. The third-order valence-electron chi connectivity index (χ3n) is 4.38. The smallest absolute Gasteiger partial charge is 0.349 e. The van der Waals surface area contributed by atoms with Gasteiger partial charge in [0.25, 0.3) is 11.6 Å². The Hall–Kier alpha value is -4.05. The van der Waals surface area contributed by atoms with Crippen molar-refractivity contribution in [1.29, 1.82) is 0 Å². The minimum Gasteiger partial charge on any atom is -0.423 e. The molecule has 2 aromatic carbocycles. The third-order valence-corrected chi connectivity index (χ3v) is 4.38. The second-order valence-electron chi connectivity index (χ2n) is 6.54. The number of benzene rings is 2. The van der Waals surface area contributed by atoms with Crippen molar-refractivity contribution in [3.05, 3.63) is 79.7 Å². The van der Waals surface area contributed by atoms with Gasteiger partial charge in [-0.1, -0.05) is 0 Å². The van der Waals surface area contributed by atoms with E-state index in [4.69, 9.17) is 13.9 Å². The fourth-order valence-electron chi connectivity index (χ4n) is 2.83. The van der Waals surface area contributed by atoms with Crippen molar-refractivity contribution in [3.63, 3.8) is 0 Å². The van der Waals surface area contributed by atoms with Crippen LogP contribution in [0.4, 0.5) is 5.69 Å². The lowest BCUT2D eigenvalue weighted by Crippen LogP contribution is -2.30. The molecule has 0 saturated carbocycles. The predicted octanol–water partition coefficient (Wildman–Crippen LogP) is 2.61. The Morgan fingerprint density at radius 2 is 1.94 bits per heavy atom. The zero-order valence-corrected chi connectivity index (χ0v) is 16.7. The van der Waals surface area contributed by atoms with Crippen LogP contribution in [0.25, 0.3) is 11.0 Å². The maximum absolute atomic E-state index is 12.4. The number of nitro benzene ring substituents is 1. The second kappa shape index (κ2) is 9.18. The molecular formula is C21H18N2O8. The van der Waals surface area contributed by atoms with Crippen LogP contribution < -0.4 is 15.7 Å². The van der Waals surface area contributed by atoms with Crippen molar-refractivity contribution < 1.29 is 28.4 Å². The zero-order chi connectivity index (χ0) is 22.5. The SMILES string of the molecule is COCCNC(=O)c1cc2ccc(OC(=O)c3ccc([N+](=O)[O-])c(C)c3)cc2oc1=O. The van der Waals surface area contributed by atoms with E-state index in [1.54, 1.807) is 0 Å². The second-order valence-corrected chi connectivity index (χ2v) is 6.54. The van der Waals surface area contributed by atoms with Crippen LogP contribution in [-0.4, -0.2) is 37.1 Å². The highest BCUT2D eigenvalue weighted by molar-refractivity contribution is 5.97. The average Bonchev–Trinajstić information content (AvgIpc) is 2.72. The Bertz CT molecular complexity index is 1230. The number of amides is 1. The fraction of sp³-hybridized carbons (Fsp3) is 0.190. The molecule has 0 saturated heterocycles. The Morgan fingerprint density at radius 1 is 1.16 bits per heavy atom. The average molecular weight is 426 g/mol. The number of rotatable bonds is 7. The molecule has 10 nitrogen and oxygen atoms in total. The summed E-state index contributed by atoms with van der Waals surface area (Å²) in [6.45, 7) is 2.06. The summed E-state index contributed by atoms with van der Waals surface area (Å²) in [7, 11) is 1.49. The third kappa shape index (κ3) is 4.93. The highest BCUT2D eigenvalue weighted by Crippen LogP contribution is 2.23. The van der Waals surface area contributed by atoms with Gasteiger partial charge in [0.2, 0.25) is 0 Å². The van der Waals surface area contributed by atoms with Gasteiger partial charge in [0, 0.05) is 36.7 Å². The van der Waals surface area contributed by atoms with Crippen molar-refractivity contribution >= 4 is 28.5 Å². The summed E-state index contributed by atoms with van der Waals surface area (Å²) in [6, 6.07) is 9.62. The molecule has 0 radical (unpaired) electrons. The minimum absolute atomic E-state index is 0.105. The molecule has 0 fully saturated rings. The van der Waals surface area contributed by atoms with Crippen molar-refractivity contribution in [2.75, 3.05) is 20.3 Å². The van der Waals surface area contributed by atoms with Gasteiger partial charge in [-0.25, -0.2) is 9.59 Å². The number of hydrogen-bond donors (Lipinski definition) is 1. The molecule has 3 aromatic rings. The molecule has 160 valence electrons. The molecule has 0 aliphatic rings. The van der Waals surface area contributed by atoms with Crippen molar-refractivity contribution in [1.82, 2.24) is 5.32 Å². The molecule has 0 aliphatic carbocycles. The number of carbonyl (C=O) groups is 2. The minimum atomic E-state index is -0.836. The van der Waals surface area contributed by atoms with Crippen LogP contribution in [0.1, 0.15) is 26.3 Å². The number of nitrogens with one attached hydrogen (secondary N) is 1. The molecule has 0 aliphatic heterocycles. The van der Waals surface area contributed by atoms with Crippen LogP contribution in [0.3, 0.4) is 0 Å². The van der Waals surface area contributed by atoms with E-state index in [1.165, 1.54) is 56.5 Å². The van der Waals surface area contributed by atoms with Crippen molar-refractivity contribution in [2.24, 2.45) is 0 Å². The Balaban J connectivity index is 1.81. The van der Waals surface area contributed by atoms with E-state index in [0.717, 1.165) is 0 Å². The number of nitrogens with zero attached hydrogens (tertiary/aromatic N) is 1. The Labute approximate surface area is 175 Å². The number of nitro groups is 1. The van der Waals surface area contributed by atoms with E-state index in [2.05, 4.69) is 5.32 Å². The lowest BCUT2D eigenvalue weighted by Gasteiger charge is -2.07. The van der Waals surface area contributed by atoms with E-state index in [1.807, 2.05) is 0 Å². The van der Waals surface area contributed by atoms with Gasteiger partial charge in [0.05, 0.1) is 17.1 Å². The summed E-state index contributed by atoms with van der Waals surface area (Å²) in [5.41, 5.74) is -0.519. The number of methoxy groups -OCH3 is 1. The van der Waals surface area contributed by atoms with Gasteiger partial charge in [0.15, 0.2) is 0 Å². The number of ether oxygens (including phenoxy) is 2. The molecule has 31 heavy (non-hydrogen) atoms. The van der Waals surface area contributed by atoms with Crippen LogP contribution >= 0.6 is 0 Å². The van der Waals surface area contributed by atoms with E-state index in [9.17, 15) is 24.5 Å². The van der Waals surface area contributed by atoms with Crippen LogP contribution in [0.5, 0.6) is 5.75 Å². The van der Waals surface area contributed by atoms with Crippen molar-refractivity contribution in [3.8, 4) is 5.75 Å². The highest BCUT2D eigenvalue weighted by Gasteiger charge is 2.17. The van der Waals surface area contributed by atoms with E-state index < -0.39 is 22.4 Å². The van der Waals surface area contributed by atoms with Crippen LogP contribution in [0.15, 0.2) is 51.7 Å². The number of aryl methyl sites for hydroxylation is 1. The quantitative estimate of drug-likeness (QED) is 0.152. The molecule has 10 heteroatoms. The predicted molar refractivity (Wildman–Crippen MR) is 109 cm³/mol. The van der Waals surface area contributed by atoms with Gasteiger partial charge < -0.3 is 19.2 Å². The summed E-state index contributed by atoms with van der Waals surface area (Å²) >= 11 is 0. The summed E-state index contributed by atoms with van der Waals surface area (Å²) in [6.07, 6.45) is 0. The fourth-order valence-corrected chi connectivity index (χ4v) is 2.83. The zero-order valence-electron chi connectivity index (χ0n) is 16.7. The highest BCUT2D eigenvalue weighted by atomic mass is 16.6. The largest absolute Gasteiger partial charge is 0.423 e. The number of carbonyl (C=O) groups excluding carboxylic acids is 2. The first-order valence-corrected chi connectivity index (χ1v) is 9.12. The molecule has 1 heterocycles. The normalized spacial score (nSPS) is 10.6. The molecule has 1 N–H and O–H groups in total. The first-order valence-electron chi connectivity index (χ1n) is 9.12.